The third-order valence-corrected chi connectivity index (χ3v) is 2.62. The van der Waals surface area contributed by atoms with Crippen LogP contribution >= 0.6 is 0 Å². The average Bonchev–Trinajstić information content (AvgIpc) is 2.36. The van der Waals surface area contributed by atoms with E-state index in [2.05, 4.69) is 19.9 Å². The van der Waals surface area contributed by atoms with Crippen molar-refractivity contribution in [2.75, 3.05) is 7.11 Å². The van der Waals surface area contributed by atoms with Gasteiger partial charge >= 0.3 is 0 Å². The van der Waals surface area contributed by atoms with Crippen LogP contribution in [0.15, 0.2) is 18.2 Å². The zero-order chi connectivity index (χ0) is 12.7. The number of rotatable bonds is 6. The van der Waals surface area contributed by atoms with Crippen molar-refractivity contribution in [3.05, 3.63) is 29.3 Å². The highest BCUT2D eigenvalue weighted by Crippen LogP contribution is 2.20. The highest BCUT2D eigenvalue weighted by Gasteiger charge is 2.05. The van der Waals surface area contributed by atoms with Crippen molar-refractivity contribution in [2.24, 2.45) is 0 Å². The molecule has 92 valence electrons. The Labute approximate surface area is 103 Å². The van der Waals surface area contributed by atoms with Crippen molar-refractivity contribution in [3.8, 4) is 11.8 Å². The number of hydrogen-bond acceptors (Lipinski definition) is 3. The molecule has 0 spiro atoms. The lowest BCUT2D eigenvalue weighted by molar-refractivity contribution is 0.0471. The van der Waals surface area contributed by atoms with Crippen LogP contribution in [0.4, 0.5) is 0 Å². The Morgan fingerprint density at radius 2 is 2.18 bits per heavy atom. The maximum Gasteiger partial charge on any atom is 0.136 e. The molecule has 1 rings (SSSR count). The van der Waals surface area contributed by atoms with Gasteiger partial charge in [-0.1, -0.05) is 19.4 Å². The second kappa shape index (κ2) is 6.93. The molecule has 0 bridgehead atoms. The largest absolute Gasteiger partial charge is 0.495 e. The van der Waals surface area contributed by atoms with Gasteiger partial charge in [-0.2, -0.15) is 5.26 Å². The Hall–Kier alpha value is -1.53. The highest BCUT2D eigenvalue weighted by atomic mass is 16.5. The summed E-state index contributed by atoms with van der Waals surface area (Å²) < 4.78 is 10.9. The topological polar surface area (TPSA) is 42.2 Å². The van der Waals surface area contributed by atoms with E-state index in [-0.39, 0.29) is 6.10 Å². The quantitative estimate of drug-likeness (QED) is 0.757. The minimum Gasteiger partial charge on any atom is -0.495 e. The fourth-order valence-electron chi connectivity index (χ4n) is 1.65. The summed E-state index contributed by atoms with van der Waals surface area (Å²) in [5.41, 5.74) is 1.58. The Bertz CT molecular complexity index is 396. The summed E-state index contributed by atoms with van der Waals surface area (Å²) in [4.78, 5) is 0. The molecule has 0 saturated carbocycles. The monoisotopic (exact) mass is 233 g/mol. The van der Waals surface area contributed by atoms with E-state index in [0.29, 0.717) is 17.9 Å². The summed E-state index contributed by atoms with van der Waals surface area (Å²) in [6.07, 6.45) is 2.45. The van der Waals surface area contributed by atoms with Crippen LogP contribution in [0.3, 0.4) is 0 Å². The number of ether oxygens (including phenoxy) is 2. The molecule has 1 atom stereocenters. The molecule has 1 aromatic carbocycles. The molecular weight excluding hydrogens is 214 g/mol. The van der Waals surface area contributed by atoms with Crippen LogP contribution < -0.4 is 4.74 Å². The van der Waals surface area contributed by atoms with E-state index in [4.69, 9.17) is 14.7 Å². The molecule has 0 fully saturated rings. The first-order valence-corrected chi connectivity index (χ1v) is 5.89. The van der Waals surface area contributed by atoms with Crippen molar-refractivity contribution in [3.63, 3.8) is 0 Å². The number of hydrogen-bond donors (Lipinski definition) is 0. The normalized spacial score (nSPS) is 11.9. The van der Waals surface area contributed by atoms with E-state index in [1.54, 1.807) is 13.2 Å². The molecule has 0 N–H and O–H groups in total. The summed E-state index contributed by atoms with van der Waals surface area (Å²) in [5, 5.41) is 8.87. The molecule has 17 heavy (non-hydrogen) atoms. The van der Waals surface area contributed by atoms with Crippen molar-refractivity contribution < 1.29 is 9.47 Å². The van der Waals surface area contributed by atoms with Gasteiger partial charge in [0.05, 0.1) is 25.4 Å². The molecule has 0 radical (unpaired) electrons. The Morgan fingerprint density at radius 1 is 1.41 bits per heavy atom. The maximum atomic E-state index is 8.87. The van der Waals surface area contributed by atoms with Crippen LogP contribution in [0, 0.1) is 11.3 Å². The second-order valence-electron chi connectivity index (χ2n) is 4.06. The molecular formula is C14H19NO2. The number of nitrogens with zero attached hydrogens (tertiary/aromatic N) is 1. The zero-order valence-electron chi connectivity index (χ0n) is 10.7. The van der Waals surface area contributed by atoms with Crippen LogP contribution in [0.1, 0.15) is 37.8 Å². The van der Waals surface area contributed by atoms with Gasteiger partial charge in [-0.25, -0.2) is 0 Å². The maximum absolute atomic E-state index is 8.87. The lowest BCUT2D eigenvalue weighted by atomic mass is 10.1. The first-order chi connectivity index (χ1) is 8.21. The third-order valence-electron chi connectivity index (χ3n) is 2.62. The molecule has 0 aromatic heterocycles. The van der Waals surface area contributed by atoms with E-state index in [9.17, 15) is 0 Å². The van der Waals surface area contributed by atoms with Crippen molar-refractivity contribution in [2.45, 2.75) is 39.4 Å². The van der Waals surface area contributed by atoms with Crippen LogP contribution in [-0.2, 0) is 11.3 Å². The number of nitriles is 1. The SMILES string of the molecule is CCCC(C)OCc1ccc(C#N)c(OC)c1. The Balaban J connectivity index is 2.64. The lowest BCUT2D eigenvalue weighted by Gasteiger charge is -2.12. The van der Waals surface area contributed by atoms with Gasteiger partial charge in [0.1, 0.15) is 11.8 Å². The van der Waals surface area contributed by atoms with Gasteiger partial charge in [0, 0.05) is 0 Å². The Kier molecular flexibility index (Phi) is 5.51. The molecule has 0 heterocycles. The van der Waals surface area contributed by atoms with Crippen molar-refractivity contribution >= 4 is 0 Å². The highest BCUT2D eigenvalue weighted by molar-refractivity contribution is 5.45. The summed E-state index contributed by atoms with van der Waals surface area (Å²) in [6, 6.07) is 7.62. The molecule has 0 aliphatic heterocycles. The van der Waals surface area contributed by atoms with Gasteiger partial charge in [0.25, 0.3) is 0 Å². The van der Waals surface area contributed by atoms with Crippen LogP contribution in [-0.4, -0.2) is 13.2 Å². The average molecular weight is 233 g/mol. The lowest BCUT2D eigenvalue weighted by Crippen LogP contribution is -2.07. The smallest absolute Gasteiger partial charge is 0.136 e. The van der Waals surface area contributed by atoms with Gasteiger partial charge in [-0.15, -0.1) is 0 Å². The van der Waals surface area contributed by atoms with Gasteiger partial charge in [-0.05, 0) is 31.0 Å². The fraction of sp³-hybridized carbons (Fsp3) is 0.500. The van der Waals surface area contributed by atoms with Crippen LogP contribution in [0.25, 0.3) is 0 Å². The van der Waals surface area contributed by atoms with Crippen LogP contribution in [0.2, 0.25) is 0 Å². The van der Waals surface area contributed by atoms with Gasteiger partial charge < -0.3 is 9.47 Å². The summed E-state index contributed by atoms with van der Waals surface area (Å²) in [7, 11) is 1.57. The van der Waals surface area contributed by atoms with Gasteiger partial charge in [-0.3, -0.25) is 0 Å². The van der Waals surface area contributed by atoms with Crippen LogP contribution in [0.5, 0.6) is 5.75 Å². The summed E-state index contributed by atoms with van der Waals surface area (Å²) in [6.45, 7) is 4.78. The zero-order valence-corrected chi connectivity index (χ0v) is 10.7. The molecule has 1 unspecified atom stereocenters. The molecule has 3 heteroatoms. The molecule has 0 saturated heterocycles. The minimum absolute atomic E-state index is 0.265. The first kappa shape index (κ1) is 13.5. The number of benzene rings is 1. The standard InChI is InChI=1S/C14H19NO2/c1-4-5-11(2)17-10-12-6-7-13(9-15)14(8-12)16-3/h6-8,11H,4-5,10H2,1-3H3. The number of methoxy groups -OCH3 is 1. The Morgan fingerprint density at radius 3 is 2.76 bits per heavy atom. The summed E-state index contributed by atoms with van der Waals surface area (Å²) >= 11 is 0. The predicted molar refractivity (Wildman–Crippen MR) is 66.9 cm³/mol. The van der Waals surface area contributed by atoms with E-state index >= 15 is 0 Å². The van der Waals surface area contributed by atoms with Crippen molar-refractivity contribution in [1.82, 2.24) is 0 Å². The van der Waals surface area contributed by atoms with Crippen molar-refractivity contribution in [1.29, 1.82) is 5.26 Å². The van der Waals surface area contributed by atoms with Gasteiger partial charge in [0.15, 0.2) is 0 Å². The predicted octanol–water partition coefficient (Wildman–Crippen LogP) is 3.27. The molecule has 0 aliphatic rings. The van der Waals surface area contributed by atoms with E-state index in [1.165, 1.54) is 0 Å². The first-order valence-electron chi connectivity index (χ1n) is 5.89. The van der Waals surface area contributed by atoms with E-state index in [1.807, 2.05) is 12.1 Å². The second-order valence-corrected chi connectivity index (χ2v) is 4.06. The van der Waals surface area contributed by atoms with E-state index < -0.39 is 0 Å². The minimum atomic E-state index is 0.265. The summed E-state index contributed by atoms with van der Waals surface area (Å²) in [5.74, 6) is 0.608. The van der Waals surface area contributed by atoms with Gasteiger partial charge in [0.2, 0.25) is 0 Å². The molecule has 3 nitrogen and oxygen atoms in total. The molecule has 0 amide bonds. The van der Waals surface area contributed by atoms with E-state index in [0.717, 1.165) is 18.4 Å². The fourth-order valence-corrected chi connectivity index (χ4v) is 1.65. The third kappa shape index (κ3) is 4.08. The molecule has 1 aromatic rings. The molecule has 0 aliphatic carbocycles.